The number of hydrogen-bond acceptors (Lipinski definition) is 4. The summed E-state index contributed by atoms with van der Waals surface area (Å²) < 4.78 is 5.69. The zero-order valence-corrected chi connectivity index (χ0v) is 13.6. The molecule has 22 heavy (non-hydrogen) atoms. The SMILES string of the molecule is CC(C)(C)c1cccc(OCCNC(=O)C2CC(O)CN2)c1. The fraction of sp³-hybridized carbons (Fsp3) is 0.588. The normalized spacial score (nSPS) is 21.6. The van der Waals surface area contributed by atoms with E-state index in [1.807, 2.05) is 18.2 Å². The topological polar surface area (TPSA) is 70.6 Å². The highest BCUT2D eigenvalue weighted by Crippen LogP contribution is 2.25. The lowest BCUT2D eigenvalue weighted by atomic mass is 9.87. The summed E-state index contributed by atoms with van der Waals surface area (Å²) in [6.45, 7) is 7.84. The minimum Gasteiger partial charge on any atom is -0.492 e. The molecule has 0 aliphatic carbocycles. The van der Waals surface area contributed by atoms with Crippen molar-refractivity contribution in [2.45, 2.75) is 44.8 Å². The standard InChI is InChI=1S/C17H26N2O3/c1-17(2,3)12-5-4-6-14(9-12)22-8-7-18-16(21)15-10-13(20)11-19-15/h4-6,9,13,15,19-20H,7-8,10-11H2,1-3H3,(H,18,21). The zero-order valence-electron chi connectivity index (χ0n) is 13.6. The van der Waals surface area contributed by atoms with Gasteiger partial charge in [0.1, 0.15) is 12.4 Å². The maximum Gasteiger partial charge on any atom is 0.237 e. The molecule has 0 bridgehead atoms. The molecule has 1 heterocycles. The van der Waals surface area contributed by atoms with Gasteiger partial charge in [-0.2, -0.15) is 0 Å². The second kappa shape index (κ2) is 7.11. The average Bonchev–Trinajstić information content (AvgIpc) is 2.89. The summed E-state index contributed by atoms with van der Waals surface area (Å²) in [4.78, 5) is 11.8. The van der Waals surface area contributed by atoms with Crippen molar-refractivity contribution in [1.29, 1.82) is 0 Å². The maximum absolute atomic E-state index is 11.8. The zero-order chi connectivity index (χ0) is 16.2. The number of carbonyl (C=O) groups is 1. The summed E-state index contributed by atoms with van der Waals surface area (Å²) in [5.74, 6) is 0.736. The van der Waals surface area contributed by atoms with Crippen LogP contribution in [0, 0.1) is 0 Å². The molecule has 2 unspecified atom stereocenters. The van der Waals surface area contributed by atoms with Crippen LogP contribution in [-0.4, -0.2) is 42.9 Å². The van der Waals surface area contributed by atoms with Crippen molar-refractivity contribution < 1.29 is 14.6 Å². The van der Waals surface area contributed by atoms with E-state index in [-0.39, 0.29) is 17.4 Å². The number of hydrogen-bond donors (Lipinski definition) is 3. The molecule has 1 saturated heterocycles. The highest BCUT2D eigenvalue weighted by Gasteiger charge is 2.27. The summed E-state index contributed by atoms with van der Waals surface area (Å²) >= 11 is 0. The monoisotopic (exact) mass is 306 g/mol. The fourth-order valence-electron chi connectivity index (χ4n) is 2.44. The van der Waals surface area contributed by atoms with Crippen molar-refractivity contribution in [2.24, 2.45) is 0 Å². The van der Waals surface area contributed by atoms with Gasteiger partial charge in [0, 0.05) is 6.54 Å². The lowest BCUT2D eigenvalue weighted by Gasteiger charge is -2.19. The van der Waals surface area contributed by atoms with Gasteiger partial charge in [-0.3, -0.25) is 4.79 Å². The minimum absolute atomic E-state index is 0.0800. The first kappa shape index (κ1) is 16.8. The Bertz CT molecular complexity index is 511. The van der Waals surface area contributed by atoms with Gasteiger partial charge in [-0.1, -0.05) is 32.9 Å². The van der Waals surface area contributed by atoms with E-state index in [1.165, 1.54) is 5.56 Å². The third-order valence-electron chi connectivity index (χ3n) is 3.79. The Balaban J connectivity index is 1.74. The van der Waals surface area contributed by atoms with Gasteiger partial charge >= 0.3 is 0 Å². The molecule has 1 aromatic carbocycles. The van der Waals surface area contributed by atoms with E-state index in [9.17, 15) is 9.90 Å². The smallest absolute Gasteiger partial charge is 0.237 e. The molecule has 1 fully saturated rings. The van der Waals surface area contributed by atoms with Gasteiger partial charge in [-0.15, -0.1) is 0 Å². The van der Waals surface area contributed by atoms with Crippen LogP contribution in [0.3, 0.4) is 0 Å². The van der Waals surface area contributed by atoms with Gasteiger partial charge in [0.2, 0.25) is 5.91 Å². The van der Waals surface area contributed by atoms with Crippen molar-refractivity contribution in [2.75, 3.05) is 19.7 Å². The van der Waals surface area contributed by atoms with Crippen molar-refractivity contribution in [3.05, 3.63) is 29.8 Å². The Morgan fingerprint density at radius 2 is 2.23 bits per heavy atom. The first-order valence-electron chi connectivity index (χ1n) is 7.79. The number of aliphatic hydroxyl groups excluding tert-OH is 1. The van der Waals surface area contributed by atoms with Crippen LogP contribution in [0.1, 0.15) is 32.8 Å². The van der Waals surface area contributed by atoms with E-state index in [2.05, 4.69) is 37.5 Å². The summed E-state index contributed by atoms with van der Waals surface area (Å²) in [5.41, 5.74) is 1.31. The molecule has 1 aromatic rings. The molecule has 1 amide bonds. The molecule has 3 N–H and O–H groups in total. The summed E-state index contributed by atoms with van der Waals surface area (Å²) in [6.07, 6.45) is 0.0486. The first-order valence-corrected chi connectivity index (χ1v) is 7.79. The summed E-state index contributed by atoms with van der Waals surface area (Å²) in [5, 5.41) is 15.2. The second-order valence-electron chi connectivity index (χ2n) is 6.77. The molecule has 2 rings (SSSR count). The molecule has 1 aliphatic rings. The molecular weight excluding hydrogens is 280 g/mol. The van der Waals surface area contributed by atoms with Crippen LogP contribution in [0.25, 0.3) is 0 Å². The predicted octanol–water partition coefficient (Wildman–Crippen LogP) is 1.20. The van der Waals surface area contributed by atoms with Gasteiger partial charge < -0.3 is 20.5 Å². The summed E-state index contributed by atoms with van der Waals surface area (Å²) in [6, 6.07) is 7.74. The Labute approximate surface area is 132 Å². The van der Waals surface area contributed by atoms with E-state index in [4.69, 9.17) is 4.74 Å². The molecular formula is C17H26N2O3. The number of aliphatic hydroxyl groups is 1. The highest BCUT2D eigenvalue weighted by molar-refractivity contribution is 5.82. The average molecular weight is 306 g/mol. The van der Waals surface area contributed by atoms with Crippen LogP contribution in [0.4, 0.5) is 0 Å². The quantitative estimate of drug-likeness (QED) is 0.715. The van der Waals surface area contributed by atoms with Gasteiger partial charge in [0.25, 0.3) is 0 Å². The Kier molecular flexibility index (Phi) is 5.42. The van der Waals surface area contributed by atoms with Gasteiger partial charge in [0.15, 0.2) is 0 Å². The van der Waals surface area contributed by atoms with E-state index in [0.29, 0.717) is 26.1 Å². The number of carbonyl (C=O) groups excluding carboxylic acids is 1. The largest absolute Gasteiger partial charge is 0.492 e. The molecule has 122 valence electrons. The number of β-amino-alcohol motifs (C(OH)–C–C–N with tert-alkyl or cyclic N) is 1. The Morgan fingerprint density at radius 1 is 1.45 bits per heavy atom. The van der Waals surface area contributed by atoms with Crippen molar-refractivity contribution in [1.82, 2.24) is 10.6 Å². The van der Waals surface area contributed by atoms with Crippen LogP contribution >= 0.6 is 0 Å². The fourth-order valence-corrected chi connectivity index (χ4v) is 2.44. The van der Waals surface area contributed by atoms with E-state index < -0.39 is 6.10 Å². The first-order chi connectivity index (χ1) is 10.4. The van der Waals surface area contributed by atoms with Crippen molar-refractivity contribution >= 4 is 5.91 Å². The van der Waals surface area contributed by atoms with Crippen LogP contribution in [0.2, 0.25) is 0 Å². The number of rotatable bonds is 5. The Morgan fingerprint density at radius 3 is 2.86 bits per heavy atom. The highest BCUT2D eigenvalue weighted by atomic mass is 16.5. The van der Waals surface area contributed by atoms with Crippen LogP contribution < -0.4 is 15.4 Å². The molecule has 0 aromatic heterocycles. The number of amides is 1. The lowest BCUT2D eigenvalue weighted by molar-refractivity contribution is -0.123. The number of ether oxygens (including phenoxy) is 1. The predicted molar refractivity (Wildman–Crippen MR) is 86.1 cm³/mol. The van der Waals surface area contributed by atoms with E-state index in [1.54, 1.807) is 0 Å². The van der Waals surface area contributed by atoms with Crippen LogP contribution in [0.5, 0.6) is 5.75 Å². The van der Waals surface area contributed by atoms with Gasteiger partial charge in [0.05, 0.1) is 18.7 Å². The summed E-state index contributed by atoms with van der Waals surface area (Å²) in [7, 11) is 0. The maximum atomic E-state index is 11.8. The Hall–Kier alpha value is -1.59. The molecule has 0 saturated carbocycles. The van der Waals surface area contributed by atoms with E-state index in [0.717, 1.165) is 5.75 Å². The van der Waals surface area contributed by atoms with Crippen molar-refractivity contribution in [3.63, 3.8) is 0 Å². The molecule has 2 atom stereocenters. The van der Waals surface area contributed by atoms with Gasteiger partial charge in [-0.05, 0) is 29.5 Å². The lowest BCUT2D eigenvalue weighted by Crippen LogP contribution is -2.41. The second-order valence-corrected chi connectivity index (χ2v) is 6.77. The minimum atomic E-state index is -0.424. The molecule has 5 heteroatoms. The van der Waals surface area contributed by atoms with E-state index >= 15 is 0 Å². The number of benzene rings is 1. The third-order valence-corrected chi connectivity index (χ3v) is 3.79. The molecule has 0 radical (unpaired) electrons. The number of nitrogens with one attached hydrogen (secondary N) is 2. The van der Waals surface area contributed by atoms with Crippen molar-refractivity contribution in [3.8, 4) is 5.75 Å². The van der Waals surface area contributed by atoms with Gasteiger partial charge in [-0.25, -0.2) is 0 Å². The van der Waals surface area contributed by atoms with Crippen LogP contribution in [0.15, 0.2) is 24.3 Å². The third kappa shape index (κ3) is 4.71. The van der Waals surface area contributed by atoms with Crippen LogP contribution in [-0.2, 0) is 10.2 Å². The molecule has 5 nitrogen and oxygen atoms in total. The molecule has 0 spiro atoms. The molecule has 1 aliphatic heterocycles.